The first kappa shape index (κ1) is 10.3. The minimum absolute atomic E-state index is 1.10. The standard InChI is InChI=1S/C17H15/c1-2-13-7-9-14(10-8-13)17-11-15-5-3-4-6-16(15)12-17/h3-12H,2H2,1H3. The summed E-state index contributed by atoms with van der Waals surface area (Å²) in [5.41, 5.74) is 6.65. The van der Waals surface area contributed by atoms with Gasteiger partial charge in [-0.2, -0.15) is 0 Å². The van der Waals surface area contributed by atoms with E-state index < -0.39 is 0 Å². The number of allylic oxidation sites excluding steroid dienone is 1. The van der Waals surface area contributed by atoms with Crippen molar-refractivity contribution in [2.75, 3.05) is 0 Å². The van der Waals surface area contributed by atoms with Crippen LogP contribution in [0.5, 0.6) is 0 Å². The molecule has 83 valence electrons. The second kappa shape index (κ2) is 4.21. The lowest BCUT2D eigenvalue weighted by atomic mass is 10.0. The third-order valence-electron chi connectivity index (χ3n) is 3.31. The Morgan fingerprint density at radius 3 is 2.18 bits per heavy atom. The maximum absolute atomic E-state index is 2.26. The fourth-order valence-corrected chi connectivity index (χ4v) is 2.25. The molecule has 1 aliphatic rings. The highest BCUT2D eigenvalue weighted by Crippen LogP contribution is 2.32. The molecule has 0 aliphatic heterocycles. The molecule has 0 aromatic heterocycles. The van der Waals surface area contributed by atoms with Gasteiger partial charge in [0, 0.05) is 6.42 Å². The zero-order chi connectivity index (χ0) is 11.7. The molecule has 1 radical (unpaired) electrons. The van der Waals surface area contributed by atoms with Crippen LogP contribution in [0.2, 0.25) is 0 Å². The van der Waals surface area contributed by atoms with Gasteiger partial charge in [0.1, 0.15) is 0 Å². The van der Waals surface area contributed by atoms with Gasteiger partial charge in [-0.3, -0.25) is 0 Å². The van der Waals surface area contributed by atoms with E-state index in [0.717, 1.165) is 6.42 Å². The van der Waals surface area contributed by atoms with Gasteiger partial charge in [0.15, 0.2) is 0 Å². The Labute approximate surface area is 103 Å². The first-order valence-electron chi connectivity index (χ1n) is 6.11. The molecular weight excluding hydrogens is 204 g/mol. The zero-order valence-electron chi connectivity index (χ0n) is 9.98. The third kappa shape index (κ3) is 1.91. The largest absolute Gasteiger partial charge is 0.0619 e. The lowest BCUT2D eigenvalue weighted by molar-refractivity contribution is 1.14. The summed E-state index contributed by atoms with van der Waals surface area (Å²) in [6.45, 7) is 2.19. The number of hydrogen-bond acceptors (Lipinski definition) is 0. The SMILES string of the molecule is CCc1ccc(C2=Cc3ccccc3[CH]2)cc1. The maximum Gasteiger partial charge on any atom is 0.0211 e. The van der Waals surface area contributed by atoms with Crippen molar-refractivity contribution >= 4 is 11.6 Å². The average Bonchev–Trinajstić information content (AvgIpc) is 2.82. The lowest BCUT2D eigenvalue weighted by Crippen LogP contribution is -1.85. The normalized spacial score (nSPS) is 13.4. The van der Waals surface area contributed by atoms with Crippen LogP contribution in [0, 0.1) is 6.42 Å². The smallest absolute Gasteiger partial charge is 0.0211 e. The lowest BCUT2D eigenvalue weighted by Gasteiger charge is -2.03. The Bertz CT molecular complexity index is 559. The van der Waals surface area contributed by atoms with E-state index in [0.29, 0.717) is 0 Å². The highest BCUT2D eigenvalue weighted by molar-refractivity contribution is 5.94. The van der Waals surface area contributed by atoms with Crippen LogP contribution in [-0.4, -0.2) is 0 Å². The molecule has 3 rings (SSSR count). The molecular formula is C17H15. The number of benzene rings is 2. The van der Waals surface area contributed by atoms with Gasteiger partial charge >= 0.3 is 0 Å². The Morgan fingerprint density at radius 2 is 1.53 bits per heavy atom. The predicted molar refractivity (Wildman–Crippen MR) is 73.5 cm³/mol. The van der Waals surface area contributed by atoms with Gasteiger partial charge in [-0.15, -0.1) is 0 Å². The molecule has 2 aromatic carbocycles. The number of rotatable bonds is 2. The van der Waals surface area contributed by atoms with E-state index in [4.69, 9.17) is 0 Å². The van der Waals surface area contributed by atoms with Crippen molar-refractivity contribution in [1.29, 1.82) is 0 Å². The molecule has 0 bridgehead atoms. The van der Waals surface area contributed by atoms with Crippen molar-refractivity contribution in [3.8, 4) is 0 Å². The van der Waals surface area contributed by atoms with Crippen LogP contribution < -0.4 is 0 Å². The van der Waals surface area contributed by atoms with E-state index in [2.05, 4.69) is 68.0 Å². The topological polar surface area (TPSA) is 0 Å². The fourth-order valence-electron chi connectivity index (χ4n) is 2.25. The molecule has 0 saturated carbocycles. The second-order valence-electron chi connectivity index (χ2n) is 4.42. The zero-order valence-corrected chi connectivity index (χ0v) is 9.98. The molecule has 0 heteroatoms. The molecule has 0 spiro atoms. The summed E-state index contributed by atoms with van der Waals surface area (Å²) in [6.07, 6.45) is 5.62. The second-order valence-corrected chi connectivity index (χ2v) is 4.42. The summed E-state index contributed by atoms with van der Waals surface area (Å²) in [5.74, 6) is 0. The van der Waals surface area contributed by atoms with Crippen molar-refractivity contribution in [1.82, 2.24) is 0 Å². The molecule has 0 fully saturated rings. The van der Waals surface area contributed by atoms with Gasteiger partial charge in [0.2, 0.25) is 0 Å². The minimum Gasteiger partial charge on any atom is -0.0619 e. The van der Waals surface area contributed by atoms with E-state index in [9.17, 15) is 0 Å². The molecule has 1 aliphatic carbocycles. The molecule has 2 aromatic rings. The first-order valence-corrected chi connectivity index (χ1v) is 6.11. The van der Waals surface area contributed by atoms with Gasteiger partial charge in [-0.1, -0.05) is 61.5 Å². The van der Waals surface area contributed by atoms with E-state index in [1.54, 1.807) is 0 Å². The average molecular weight is 219 g/mol. The van der Waals surface area contributed by atoms with Crippen LogP contribution in [0.3, 0.4) is 0 Å². The van der Waals surface area contributed by atoms with Gasteiger partial charge in [0.05, 0.1) is 0 Å². The van der Waals surface area contributed by atoms with Gasteiger partial charge < -0.3 is 0 Å². The maximum atomic E-state index is 2.26. The molecule has 17 heavy (non-hydrogen) atoms. The molecule has 0 unspecified atom stereocenters. The Kier molecular flexibility index (Phi) is 2.56. The summed E-state index contributed by atoms with van der Waals surface area (Å²) in [5, 5.41) is 0. The van der Waals surface area contributed by atoms with Crippen molar-refractivity contribution in [3.63, 3.8) is 0 Å². The van der Waals surface area contributed by atoms with Crippen molar-refractivity contribution in [3.05, 3.63) is 77.2 Å². The third-order valence-corrected chi connectivity index (χ3v) is 3.31. The fraction of sp³-hybridized carbons (Fsp3) is 0.118. The summed E-state index contributed by atoms with van der Waals surface area (Å²) in [6, 6.07) is 17.4. The van der Waals surface area contributed by atoms with Gasteiger partial charge in [-0.25, -0.2) is 0 Å². The highest BCUT2D eigenvalue weighted by Gasteiger charge is 2.13. The monoisotopic (exact) mass is 219 g/mol. The van der Waals surface area contributed by atoms with Crippen molar-refractivity contribution in [2.24, 2.45) is 0 Å². The minimum atomic E-state index is 1.10. The summed E-state index contributed by atoms with van der Waals surface area (Å²) >= 11 is 0. The van der Waals surface area contributed by atoms with Crippen LogP contribution >= 0.6 is 0 Å². The molecule has 0 atom stereocenters. The number of hydrogen-bond donors (Lipinski definition) is 0. The quantitative estimate of drug-likeness (QED) is 0.704. The Balaban J connectivity index is 1.92. The Hall–Kier alpha value is -1.82. The van der Waals surface area contributed by atoms with Gasteiger partial charge in [0.25, 0.3) is 0 Å². The summed E-state index contributed by atoms with van der Waals surface area (Å²) in [4.78, 5) is 0. The van der Waals surface area contributed by atoms with E-state index in [1.807, 2.05) is 0 Å². The van der Waals surface area contributed by atoms with E-state index in [1.165, 1.54) is 27.8 Å². The molecule has 0 N–H and O–H groups in total. The van der Waals surface area contributed by atoms with Gasteiger partial charge in [-0.05, 0) is 34.2 Å². The predicted octanol–water partition coefficient (Wildman–Crippen LogP) is 4.36. The molecule has 0 nitrogen and oxygen atoms in total. The van der Waals surface area contributed by atoms with Crippen LogP contribution in [0.1, 0.15) is 29.2 Å². The van der Waals surface area contributed by atoms with E-state index in [-0.39, 0.29) is 0 Å². The highest BCUT2D eigenvalue weighted by atomic mass is 14.2. The summed E-state index contributed by atoms with van der Waals surface area (Å²) < 4.78 is 0. The van der Waals surface area contributed by atoms with Crippen LogP contribution in [0.4, 0.5) is 0 Å². The van der Waals surface area contributed by atoms with Crippen LogP contribution in [-0.2, 0) is 6.42 Å². The Morgan fingerprint density at radius 1 is 0.824 bits per heavy atom. The van der Waals surface area contributed by atoms with Crippen LogP contribution in [0.15, 0.2) is 48.5 Å². The van der Waals surface area contributed by atoms with E-state index >= 15 is 0 Å². The summed E-state index contributed by atoms with van der Waals surface area (Å²) in [7, 11) is 0. The number of aryl methyl sites for hydroxylation is 1. The molecule has 0 amide bonds. The van der Waals surface area contributed by atoms with Crippen molar-refractivity contribution < 1.29 is 0 Å². The molecule has 0 heterocycles. The first-order chi connectivity index (χ1) is 8.36. The molecule has 0 saturated heterocycles. The van der Waals surface area contributed by atoms with Crippen molar-refractivity contribution in [2.45, 2.75) is 13.3 Å². The number of fused-ring (bicyclic) bond motifs is 1. The van der Waals surface area contributed by atoms with Crippen LogP contribution in [0.25, 0.3) is 11.6 Å².